The Kier molecular flexibility index (Phi) is 4.22. The molecular weight excluding hydrogens is 242 g/mol. The Labute approximate surface area is 103 Å². The van der Waals surface area contributed by atoms with Gasteiger partial charge in [-0.15, -0.1) is 0 Å². The van der Waals surface area contributed by atoms with Crippen molar-refractivity contribution in [1.29, 1.82) is 0 Å². The van der Waals surface area contributed by atoms with E-state index in [1.54, 1.807) is 0 Å². The van der Waals surface area contributed by atoms with Crippen molar-refractivity contribution in [3.05, 3.63) is 35.4 Å². The highest BCUT2D eigenvalue weighted by Crippen LogP contribution is 2.10. The maximum absolute atomic E-state index is 12.9. The second-order valence-electron chi connectivity index (χ2n) is 4.13. The fraction of sp³-hybridized carbons (Fsp3) is 0.417. The van der Waals surface area contributed by atoms with E-state index < -0.39 is 17.5 Å². The molecule has 0 aliphatic carbocycles. The molecule has 1 aromatic carbocycles. The number of rotatable bonds is 3. The van der Waals surface area contributed by atoms with Crippen molar-refractivity contribution in [2.75, 3.05) is 13.1 Å². The monoisotopic (exact) mass is 256 g/mol. The summed E-state index contributed by atoms with van der Waals surface area (Å²) in [6, 6.07) is 2.96. The molecule has 0 aromatic heterocycles. The van der Waals surface area contributed by atoms with Crippen molar-refractivity contribution in [2.45, 2.75) is 18.9 Å². The molecule has 2 N–H and O–H groups in total. The summed E-state index contributed by atoms with van der Waals surface area (Å²) in [5.41, 5.74) is 2.29. The molecule has 1 heterocycles. The Morgan fingerprint density at radius 1 is 1.28 bits per heavy atom. The molecular formula is C12H14F2N2O2. The van der Waals surface area contributed by atoms with Gasteiger partial charge in [0.25, 0.3) is 5.91 Å². The SMILES string of the molecule is O=C(NOC1CCNCC1)c1ccc(F)c(F)c1. The lowest BCUT2D eigenvalue weighted by Crippen LogP contribution is -2.37. The van der Waals surface area contributed by atoms with Crippen LogP contribution in [0.4, 0.5) is 8.78 Å². The molecule has 98 valence electrons. The first-order chi connectivity index (χ1) is 8.66. The van der Waals surface area contributed by atoms with Gasteiger partial charge < -0.3 is 5.32 Å². The zero-order chi connectivity index (χ0) is 13.0. The van der Waals surface area contributed by atoms with Gasteiger partial charge in [-0.3, -0.25) is 9.63 Å². The number of hydrogen-bond acceptors (Lipinski definition) is 3. The molecule has 4 nitrogen and oxygen atoms in total. The van der Waals surface area contributed by atoms with E-state index in [4.69, 9.17) is 4.84 Å². The van der Waals surface area contributed by atoms with Crippen LogP contribution in [0.5, 0.6) is 0 Å². The minimum atomic E-state index is -1.05. The van der Waals surface area contributed by atoms with Gasteiger partial charge in [0.1, 0.15) is 0 Å². The van der Waals surface area contributed by atoms with Crippen LogP contribution in [0.25, 0.3) is 0 Å². The Hall–Kier alpha value is -1.53. The lowest BCUT2D eigenvalue weighted by Gasteiger charge is -2.22. The Morgan fingerprint density at radius 2 is 2.00 bits per heavy atom. The average molecular weight is 256 g/mol. The molecule has 0 bridgehead atoms. The average Bonchev–Trinajstić information content (AvgIpc) is 2.40. The van der Waals surface area contributed by atoms with Gasteiger partial charge >= 0.3 is 0 Å². The summed E-state index contributed by atoms with van der Waals surface area (Å²) >= 11 is 0. The summed E-state index contributed by atoms with van der Waals surface area (Å²) in [5, 5.41) is 3.16. The summed E-state index contributed by atoms with van der Waals surface area (Å²) < 4.78 is 25.6. The van der Waals surface area contributed by atoms with E-state index in [9.17, 15) is 13.6 Å². The Bertz CT molecular complexity index is 434. The predicted molar refractivity (Wildman–Crippen MR) is 60.8 cm³/mol. The van der Waals surface area contributed by atoms with Gasteiger partial charge in [0.15, 0.2) is 11.6 Å². The fourth-order valence-electron chi connectivity index (χ4n) is 1.75. The summed E-state index contributed by atoms with van der Waals surface area (Å²) in [6.07, 6.45) is 1.57. The molecule has 0 spiro atoms. The van der Waals surface area contributed by atoms with E-state index in [0.717, 1.165) is 38.1 Å². The standard InChI is InChI=1S/C12H14F2N2O2/c13-10-2-1-8(7-11(10)14)12(17)16-18-9-3-5-15-6-4-9/h1-2,7,9,15H,3-6H2,(H,16,17). The number of halogens is 2. The first-order valence-electron chi connectivity index (χ1n) is 5.78. The number of hydroxylamine groups is 1. The van der Waals surface area contributed by atoms with Crippen molar-refractivity contribution in [3.8, 4) is 0 Å². The molecule has 1 fully saturated rings. The largest absolute Gasteiger partial charge is 0.317 e. The number of hydrogen-bond donors (Lipinski definition) is 2. The number of piperidine rings is 1. The van der Waals surface area contributed by atoms with E-state index >= 15 is 0 Å². The highest BCUT2D eigenvalue weighted by Gasteiger charge is 2.16. The third-order valence-electron chi connectivity index (χ3n) is 2.79. The van der Waals surface area contributed by atoms with Gasteiger partial charge in [-0.05, 0) is 44.1 Å². The highest BCUT2D eigenvalue weighted by molar-refractivity contribution is 5.93. The van der Waals surface area contributed by atoms with Gasteiger partial charge in [-0.2, -0.15) is 0 Å². The molecule has 2 rings (SSSR count). The molecule has 18 heavy (non-hydrogen) atoms. The zero-order valence-electron chi connectivity index (χ0n) is 9.71. The van der Waals surface area contributed by atoms with Crippen LogP contribution in [-0.4, -0.2) is 25.1 Å². The smallest absolute Gasteiger partial charge is 0.274 e. The molecule has 1 saturated heterocycles. The van der Waals surface area contributed by atoms with Crippen LogP contribution in [0.1, 0.15) is 23.2 Å². The van der Waals surface area contributed by atoms with E-state index in [0.29, 0.717) is 0 Å². The summed E-state index contributed by atoms with van der Waals surface area (Å²) in [6.45, 7) is 1.68. The number of carbonyl (C=O) groups excluding carboxylic acids is 1. The molecule has 0 atom stereocenters. The minimum Gasteiger partial charge on any atom is -0.317 e. The molecule has 1 aromatic rings. The Balaban J connectivity index is 1.88. The molecule has 1 aliphatic heterocycles. The van der Waals surface area contributed by atoms with E-state index in [1.807, 2.05) is 0 Å². The second kappa shape index (κ2) is 5.88. The maximum atomic E-state index is 12.9. The van der Waals surface area contributed by atoms with Gasteiger partial charge in [0.05, 0.1) is 6.10 Å². The summed E-state index contributed by atoms with van der Waals surface area (Å²) in [7, 11) is 0. The minimum absolute atomic E-state index is 0.0304. The van der Waals surface area contributed by atoms with Crippen LogP contribution in [0.2, 0.25) is 0 Å². The second-order valence-corrected chi connectivity index (χ2v) is 4.13. The van der Waals surface area contributed by atoms with Gasteiger partial charge in [-0.25, -0.2) is 14.3 Å². The Morgan fingerprint density at radius 3 is 2.67 bits per heavy atom. The van der Waals surface area contributed by atoms with Crippen molar-refractivity contribution < 1.29 is 18.4 Å². The van der Waals surface area contributed by atoms with Crippen LogP contribution < -0.4 is 10.8 Å². The van der Waals surface area contributed by atoms with Crippen molar-refractivity contribution in [2.24, 2.45) is 0 Å². The topological polar surface area (TPSA) is 50.4 Å². The van der Waals surface area contributed by atoms with Crippen LogP contribution >= 0.6 is 0 Å². The molecule has 6 heteroatoms. The van der Waals surface area contributed by atoms with E-state index in [2.05, 4.69) is 10.8 Å². The first kappa shape index (κ1) is 12.9. The molecule has 1 aliphatic rings. The van der Waals surface area contributed by atoms with E-state index in [-0.39, 0.29) is 11.7 Å². The van der Waals surface area contributed by atoms with Crippen molar-refractivity contribution >= 4 is 5.91 Å². The number of benzene rings is 1. The molecule has 1 amide bonds. The summed E-state index contributed by atoms with van der Waals surface area (Å²) in [5.74, 6) is -2.61. The van der Waals surface area contributed by atoms with Crippen LogP contribution in [0.3, 0.4) is 0 Å². The number of nitrogens with one attached hydrogen (secondary N) is 2. The van der Waals surface area contributed by atoms with Crippen molar-refractivity contribution in [3.63, 3.8) is 0 Å². The first-order valence-corrected chi connectivity index (χ1v) is 5.78. The van der Waals surface area contributed by atoms with E-state index in [1.165, 1.54) is 6.07 Å². The van der Waals surface area contributed by atoms with Gasteiger partial charge in [0.2, 0.25) is 0 Å². The quantitative estimate of drug-likeness (QED) is 0.803. The highest BCUT2D eigenvalue weighted by atomic mass is 19.2. The molecule has 0 radical (unpaired) electrons. The normalized spacial score (nSPS) is 16.6. The van der Waals surface area contributed by atoms with Crippen molar-refractivity contribution in [1.82, 2.24) is 10.8 Å². The lowest BCUT2D eigenvalue weighted by atomic mass is 10.1. The fourth-order valence-corrected chi connectivity index (χ4v) is 1.75. The maximum Gasteiger partial charge on any atom is 0.274 e. The van der Waals surface area contributed by atoms with Crippen LogP contribution in [0.15, 0.2) is 18.2 Å². The number of amides is 1. The van der Waals surface area contributed by atoms with Gasteiger partial charge in [-0.1, -0.05) is 0 Å². The summed E-state index contributed by atoms with van der Waals surface area (Å²) in [4.78, 5) is 16.8. The number of carbonyl (C=O) groups is 1. The lowest BCUT2D eigenvalue weighted by molar-refractivity contribution is -0.0282. The third-order valence-corrected chi connectivity index (χ3v) is 2.79. The van der Waals surface area contributed by atoms with Crippen LogP contribution in [-0.2, 0) is 4.84 Å². The molecule has 0 unspecified atom stereocenters. The predicted octanol–water partition coefficient (Wildman–Crippen LogP) is 1.38. The van der Waals surface area contributed by atoms with Crippen LogP contribution in [0, 0.1) is 11.6 Å². The third kappa shape index (κ3) is 3.24. The zero-order valence-corrected chi connectivity index (χ0v) is 9.71. The molecule has 0 saturated carbocycles. The van der Waals surface area contributed by atoms with Gasteiger partial charge in [0, 0.05) is 5.56 Å².